The van der Waals surface area contributed by atoms with Crippen LogP contribution in [0.1, 0.15) is 47.1 Å². The maximum atomic E-state index is 11.1. The molecule has 0 atom stereocenters. The third-order valence-corrected chi connectivity index (χ3v) is 3.63. The molecule has 2 rings (SSSR count). The number of hydrogen-bond acceptors (Lipinski definition) is 4. The van der Waals surface area contributed by atoms with Crippen LogP contribution in [0.3, 0.4) is 0 Å². The molecule has 0 unspecified atom stereocenters. The van der Waals surface area contributed by atoms with Gasteiger partial charge in [-0.15, -0.1) is 0 Å². The lowest BCUT2D eigenvalue weighted by Crippen LogP contribution is -2.03. The number of aryl methyl sites for hydroxylation is 2. The summed E-state index contributed by atoms with van der Waals surface area (Å²) in [7, 11) is 0. The highest BCUT2D eigenvalue weighted by Gasteiger charge is 2.20. The third kappa shape index (κ3) is 1.80. The smallest absolute Gasteiger partial charge is 0.356 e. The lowest BCUT2D eigenvalue weighted by Gasteiger charge is -2.13. The summed E-state index contributed by atoms with van der Waals surface area (Å²) in [5.41, 5.74) is 3.20. The van der Waals surface area contributed by atoms with Crippen LogP contribution >= 0.6 is 11.5 Å². The van der Waals surface area contributed by atoms with Crippen LogP contribution < -0.4 is 0 Å². The topological polar surface area (TPSA) is 63.1 Å². The zero-order valence-corrected chi connectivity index (χ0v) is 11.1. The average Bonchev–Trinajstić information content (AvgIpc) is 2.60. The Morgan fingerprint density at radius 2 is 2.00 bits per heavy atom. The standard InChI is InChI=1S/C12H14N2O2S/c1-5(2)8-6(3)9-10(12(15)16)14-17-11(9)13-7(8)4/h5H,1-4H3,(H,15,16). The van der Waals surface area contributed by atoms with Crippen molar-refractivity contribution in [3.63, 3.8) is 0 Å². The van der Waals surface area contributed by atoms with E-state index in [1.807, 2.05) is 13.8 Å². The van der Waals surface area contributed by atoms with Gasteiger partial charge in [0.15, 0.2) is 5.69 Å². The normalized spacial score (nSPS) is 11.4. The molecule has 17 heavy (non-hydrogen) atoms. The minimum atomic E-state index is -0.986. The van der Waals surface area contributed by atoms with E-state index in [2.05, 4.69) is 23.2 Å². The Morgan fingerprint density at radius 1 is 1.35 bits per heavy atom. The molecule has 0 bridgehead atoms. The number of carbonyl (C=O) groups is 1. The van der Waals surface area contributed by atoms with Crippen LogP contribution in [0.5, 0.6) is 0 Å². The molecule has 0 spiro atoms. The summed E-state index contributed by atoms with van der Waals surface area (Å²) < 4.78 is 3.98. The SMILES string of the molecule is Cc1nc2snc(C(=O)O)c2c(C)c1C(C)C. The lowest BCUT2D eigenvalue weighted by molar-refractivity contribution is 0.0694. The summed E-state index contributed by atoms with van der Waals surface area (Å²) in [6.45, 7) is 8.08. The minimum Gasteiger partial charge on any atom is -0.476 e. The fourth-order valence-electron chi connectivity index (χ4n) is 2.31. The number of rotatable bonds is 2. The van der Waals surface area contributed by atoms with Crippen LogP contribution in [0.2, 0.25) is 0 Å². The molecule has 0 saturated heterocycles. The van der Waals surface area contributed by atoms with Crippen LogP contribution in [-0.2, 0) is 0 Å². The van der Waals surface area contributed by atoms with Crippen molar-refractivity contribution in [2.24, 2.45) is 0 Å². The van der Waals surface area contributed by atoms with Crippen LogP contribution in [0, 0.1) is 13.8 Å². The van der Waals surface area contributed by atoms with Crippen LogP contribution in [0.4, 0.5) is 0 Å². The van der Waals surface area contributed by atoms with Gasteiger partial charge in [-0.1, -0.05) is 13.8 Å². The molecule has 0 radical (unpaired) electrons. The summed E-state index contributed by atoms with van der Waals surface area (Å²) in [5, 5.41) is 9.80. The van der Waals surface area contributed by atoms with E-state index in [0.29, 0.717) is 16.1 Å². The van der Waals surface area contributed by atoms with Crippen molar-refractivity contribution in [3.8, 4) is 0 Å². The number of aromatic nitrogens is 2. The molecule has 0 saturated carbocycles. The monoisotopic (exact) mass is 250 g/mol. The van der Waals surface area contributed by atoms with E-state index in [0.717, 1.165) is 28.4 Å². The van der Waals surface area contributed by atoms with Crippen LogP contribution in [0.15, 0.2) is 0 Å². The van der Waals surface area contributed by atoms with Crippen molar-refractivity contribution in [2.45, 2.75) is 33.6 Å². The van der Waals surface area contributed by atoms with Crippen LogP contribution in [-0.4, -0.2) is 20.4 Å². The van der Waals surface area contributed by atoms with Gasteiger partial charge in [-0.3, -0.25) is 0 Å². The highest BCUT2D eigenvalue weighted by atomic mass is 32.1. The molecule has 1 N–H and O–H groups in total. The Bertz CT molecular complexity index is 602. The Balaban J connectivity index is 2.87. The largest absolute Gasteiger partial charge is 0.476 e. The predicted octanol–water partition coefficient (Wildman–Crippen LogP) is 3.13. The second-order valence-electron chi connectivity index (χ2n) is 4.41. The van der Waals surface area contributed by atoms with Crippen molar-refractivity contribution < 1.29 is 9.90 Å². The Labute approximate surface area is 103 Å². The first-order valence-electron chi connectivity index (χ1n) is 5.43. The summed E-state index contributed by atoms with van der Waals surface area (Å²) in [6, 6.07) is 0. The van der Waals surface area contributed by atoms with E-state index in [1.165, 1.54) is 0 Å². The van der Waals surface area contributed by atoms with E-state index < -0.39 is 5.97 Å². The second-order valence-corrected chi connectivity index (χ2v) is 5.16. The Morgan fingerprint density at radius 3 is 2.53 bits per heavy atom. The van der Waals surface area contributed by atoms with Crippen LogP contribution in [0.25, 0.3) is 10.2 Å². The second kappa shape index (κ2) is 4.07. The first-order valence-corrected chi connectivity index (χ1v) is 6.20. The number of carboxylic acid groups (broad SMARTS) is 1. The van der Waals surface area contributed by atoms with Crippen molar-refractivity contribution in [1.29, 1.82) is 0 Å². The molecule has 90 valence electrons. The molecular formula is C12H14N2O2S. The summed E-state index contributed by atoms with van der Waals surface area (Å²) in [5.74, 6) is -0.659. The number of hydrogen-bond donors (Lipinski definition) is 1. The first kappa shape index (κ1) is 12.0. The minimum absolute atomic E-state index is 0.122. The molecule has 2 aromatic heterocycles. The molecule has 0 aromatic carbocycles. The molecule has 2 heterocycles. The maximum Gasteiger partial charge on any atom is 0.356 e. The van der Waals surface area contributed by atoms with Gasteiger partial charge in [0, 0.05) is 11.1 Å². The van der Waals surface area contributed by atoms with Gasteiger partial charge in [-0.05, 0) is 42.4 Å². The van der Waals surface area contributed by atoms with Crippen molar-refractivity contribution in [2.75, 3.05) is 0 Å². The number of nitrogens with zero attached hydrogens (tertiary/aromatic N) is 2. The van der Waals surface area contributed by atoms with Gasteiger partial charge in [0.1, 0.15) is 4.83 Å². The van der Waals surface area contributed by atoms with E-state index in [1.54, 1.807) is 0 Å². The quantitative estimate of drug-likeness (QED) is 0.889. The van der Waals surface area contributed by atoms with E-state index in [-0.39, 0.29) is 5.69 Å². The zero-order chi connectivity index (χ0) is 12.7. The number of pyridine rings is 1. The highest BCUT2D eigenvalue weighted by Crippen LogP contribution is 2.32. The van der Waals surface area contributed by atoms with E-state index >= 15 is 0 Å². The first-order chi connectivity index (χ1) is 7.93. The molecule has 0 aliphatic carbocycles. The third-order valence-electron chi connectivity index (χ3n) is 2.89. The van der Waals surface area contributed by atoms with Crippen molar-refractivity contribution >= 4 is 27.7 Å². The van der Waals surface area contributed by atoms with Gasteiger partial charge in [0.2, 0.25) is 0 Å². The van der Waals surface area contributed by atoms with Crippen molar-refractivity contribution in [1.82, 2.24) is 9.36 Å². The Kier molecular flexibility index (Phi) is 2.87. The van der Waals surface area contributed by atoms with E-state index in [9.17, 15) is 4.79 Å². The van der Waals surface area contributed by atoms with Gasteiger partial charge in [0.05, 0.1) is 0 Å². The molecule has 0 fully saturated rings. The Hall–Kier alpha value is -1.49. The predicted molar refractivity (Wildman–Crippen MR) is 67.9 cm³/mol. The maximum absolute atomic E-state index is 11.1. The molecule has 4 nitrogen and oxygen atoms in total. The molecule has 5 heteroatoms. The molecule has 0 aliphatic rings. The fraction of sp³-hybridized carbons (Fsp3) is 0.417. The summed E-state index contributed by atoms with van der Waals surface area (Å²) in [4.78, 5) is 16.3. The molecule has 0 amide bonds. The van der Waals surface area contributed by atoms with Gasteiger partial charge in [-0.25, -0.2) is 9.78 Å². The number of fused-ring (bicyclic) bond motifs is 1. The van der Waals surface area contributed by atoms with Gasteiger partial charge in [-0.2, -0.15) is 4.37 Å². The number of aromatic carboxylic acids is 1. The molecular weight excluding hydrogens is 236 g/mol. The lowest BCUT2D eigenvalue weighted by atomic mass is 9.94. The fourth-order valence-corrected chi connectivity index (χ4v) is 3.18. The molecule has 2 aromatic rings. The number of carboxylic acids is 1. The summed E-state index contributed by atoms with van der Waals surface area (Å²) in [6.07, 6.45) is 0. The van der Waals surface area contributed by atoms with Gasteiger partial charge >= 0.3 is 5.97 Å². The summed E-state index contributed by atoms with van der Waals surface area (Å²) >= 11 is 1.15. The highest BCUT2D eigenvalue weighted by molar-refractivity contribution is 7.13. The van der Waals surface area contributed by atoms with Gasteiger partial charge < -0.3 is 5.11 Å². The zero-order valence-electron chi connectivity index (χ0n) is 10.2. The average molecular weight is 250 g/mol. The molecule has 0 aliphatic heterocycles. The van der Waals surface area contributed by atoms with Crippen molar-refractivity contribution in [3.05, 3.63) is 22.5 Å². The van der Waals surface area contributed by atoms with E-state index in [4.69, 9.17) is 5.11 Å². The van der Waals surface area contributed by atoms with Gasteiger partial charge in [0.25, 0.3) is 0 Å².